The molecule has 0 unspecified atom stereocenters. The number of benzene rings is 2. The van der Waals surface area contributed by atoms with Gasteiger partial charge in [-0.1, -0.05) is 23.7 Å². The fourth-order valence-corrected chi connectivity index (χ4v) is 4.87. The summed E-state index contributed by atoms with van der Waals surface area (Å²) in [6.07, 6.45) is 1.53. The second-order valence-electron chi connectivity index (χ2n) is 5.89. The van der Waals surface area contributed by atoms with Crippen molar-refractivity contribution < 1.29 is 24.2 Å². The van der Waals surface area contributed by atoms with Gasteiger partial charge < -0.3 is 9.84 Å². The Morgan fingerprint density at radius 2 is 1.79 bits per heavy atom. The molecule has 2 aromatic rings. The first-order valence-electron chi connectivity index (χ1n) is 8.08. The van der Waals surface area contributed by atoms with E-state index in [0.29, 0.717) is 48.5 Å². The van der Waals surface area contributed by atoms with Crippen LogP contribution in [0, 0.1) is 0 Å². The number of hydrogen-bond acceptors (Lipinski definition) is 5. The molecule has 6 nitrogen and oxygen atoms in total. The Morgan fingerprint density at radius 1 is 1.17 bits per heavy atom. The summed E-state index contributed by atoms with van der Waals surface area (Å²) < 4.78 is 7.16. The highest BCUT2D eigenvalue weighted by Crippen LogP contribution is 2.38. The normalized spacial score (nSPS) is 15.3. The van der Waals surface area contributed by atoms with Crippen molar-refractivity contribution in [3.63, 3.8) is 0 Å². The van der Waals surface area contributed by atoms with Crippen LogP contribution in [0.1, 0.15) is 11.1 Å². The van der Waals surface area contributed by atoms with Crippen LogP contribution >= 0.6 is 55.2 Å². The zero-order valence-corrected chi connectivity index (χ0v) is 19.3. The van der Waals surface area contributed by atoms with Gasteiger partial charge in [-0.25, -0.2) is 0 Å². The predicted octanol–water partition coefficient (Wildman–Crippen LogP) is 5.56. The van der Waals surface area contributed by atoms with Crippen molar-refractivity contribution in [1.82, 2.24) is 4.90 Å². The fraction of sp³-hybridized carbons (Fsp3) is 0.105. The van der Waals surface area contributed by atoms with E-state index in [1.807, 2.05) is 12.1 Å². The number of amides is 2. The maximum Gasteiger partial charge on any atom is 0.323 e. The topological polar surface area (TPSA) is 83.9 Å². The molecule has 0 aliphatic carbocycles. The summed E-state index contributed by atoms with van der Waals surface area (Å²) in [6.45, 7) is -0.325. The van der Waals surface area contributed by atoms with Crippen molar-refractivity contribution in [3.8, 4) is 5.75 Å². The van der Waals surface area contributed by atoms with Crippen LogP contribution in [0.25, 0.3) is 6.08 Å². The van der Waals surface area contributed by atoms with Crippen molar-refractivity contribution in [2.45, 2.75) is 6.61 Å². The SMILES string of the molecule is O=C(O)CN1C(=O)S/C(=C/c2cc(Br)c(OCc3ccc(Cl)cc3)c(Br)c2)C1=O. The highest BCUT2D eigenvalue weighted by molar-refractivity contribution is 9.11. The van der Waals surface area contributed by atoms with Gasteiger partial charge in [-0.05, 0) is 85.1 Å². The Bertz CT molecular complexity index is 1000. The van der Waals surface area contributed by atoms with Crippen molar-refractivity contribution in [1.29, 1.82) is 0 Å². The van der Waals surface area contributed by atoms with E-state index >= 15 is 0 Å². The smallest absolute Gasteiger partial charge is 0.323 e. The summed E-state index contributed by atoms with van der Waals surface area (Å²) in [6, 6.07) is 10.8. The molecule has 1 heterocycles. The first-order chi connectivity index (χ1) is 13.7. The first kappa shape index (κ1) is 21.9. The molecule has 0 bridgehead atoms. The Balaban J connectivity index is 1.77. The number of carboxylic acid groups (broad SMARTS) is 1. The van der Waals surface area contributed by atoms with Crippen LogP contribution in [0.5, 0.6) is 5.75 Å². The van der Waals surface area contributed by atoms with Crippen molar-refractivity contribution in [2.75, 3.05) is 6.54 Å². The van der Waals surface area contributed by atoms with Gasteiger partial charge in [0.05, 0.1) is 13.9 Å². The number of carbonyl (C=O) groups is 3. The number of rotatable bonds is 6. The molecular formula is C19H12Br2ClNO5S. The van der Waals surface area contributed by atoms with E-state index in [1.165, 1.54) is 6.08 Å². The molecule has 2 aromatic carbocycles. The third-order valence-electron chi connectivity index (χ3n) is 3.78. The third kappa shape index (κ3) is 5.42. The number of ether oxygens (including phenoxy) is 1. The minimum absolute atomic E-state index is 0.157. The molecule has 1 aliphatic heterocycles. The molecule has 1 fully saturated rings. The summed E-state index contributed by atoms with van der Waals surface area (Å²) in [7, 11) is 0. The summed E-state index contributed by atoms with van der Waals surface area (Å²) in [4.78, 5) is 35.8. The van der Waals surface area contributed by atoms with Gasteiger partial charge in [-0.3, -0.25) is 19.3 Å². The average Bonchev–Trinajstić information content (AvgIpc) is 2.89. The standard InChI is InChI=1S/C19H12Br2ClNO5S/c20-13-5-11(7-15-18(26)23(8-16(24)25)19(27)29-15)6-14(21)17(13)28-9-10-1-3-12(22)4-2-10/h1-7H,8-9H2,(H,24,25)/b15-7+. The number of halogens is 3. The number of nitrogens with zero attached hydrogens (tertiary/aromatic N) is 1. The number of hydrogen-bond donors (Lipinski definition) is 1. The van der Waals surface area contributed by atoms with Crippen LogP contribution < -0.4 is 4.74 Å². The van der Waals surface area contributed by atoms with E-state index in [1.54, 1.807) is 24.3 Å². The molecule has 0 spiro atoms. The molecular weight excluding hydrogens is 550 g/mol. The summed E-state index contributed by atoms with van der Waals surface area (Å²) >= 11 is 13.5. The molecule has 0 saturated carbocycles. The van der Waals surface area contributed by atoms with Crippen molar-refractivity contribution in [3.05, 3.63) is 66.4 Å². The Hall–Kier alpha value is -1.81. The zero-order chi connectivity index (χ0) is 21.1. The lowest BCUT2D eigenvalue weighted by Crippen LogP contribution is -2.33. The third-order valence-corrected chi connectivity index (χ3v) is 6.12. The van der Waals surface area contributed by atoms with E-state index in [0.717, 1.165) is 5.56 Å². The number of aliphatic carboxylic acids is 1. The lowest BCUT2D eigenvalue weighted by molar-refractivity contribution is -0.140. The van der Waals surface area contributed by atoms with E-state index in [2.05, 4.69) is 31.9 Å². The number of carboxylic acids is 1. The molecule has 0 atom stereocenters. The zero-order valence-electron chi connectivity index (χ0n) is 14.5. The van der Waals surface area contributed by atoms with Crippen LogP contribution in [-0.2, 0) is 16.2 Å². The maximum atomic E-state index is 12.3. The van der Waals surface area contributed by atoms with Gasteiger partial charge in [0.2, 0.25) is 0 Å². The van der Waals surface area contributed by atoms with Gasteiger partial charge in [0.25, 0.3) is 11.1 Å². The van der Waals surface area contributed by atoms with E-state index in [9.17, 15) is 14.4 Å². The lowest BCUT2D eigenvalue weighted by atomic mass is 10.2. The average molecular weight is 562 g/mol. The number of carbonyl (C=O) groups excluding carboxylic acids is 2. The molecule has 29 heavy (non-hydrogen) atoms. The quantitative estimate of drug-likeness (QED) is 0.465. The van der Waals surface area contributed by atoms with E-state index in [-0.39, 0.29) is 4.91 Å². The van der Waals surface area contributed by atoms with Crippen LogP contribution in [0.15, 0.2) is 50.2 Å². The minimum atomic E-state index is -1.25. The molecule has 10 heteroatoms. The molecule has 1 aliphatic rings. The van der Waals surface area contributed by atoms with Gasteiger partial charge in [-0.15, -0.1) is 0 Å². The minimum Gasteiger partial charge on any atom is -0.487 e. The van der Waals surface area contributed by atoms with Crippen molar-refractivity contribution in [2.24, 2.45) is 0 Å². The number of imide groups is 1. The van der Waals surface area contributed by atoms with Crippen LogP contribution in [0.4, 0.5) is 4.79 Å². The van der Waals surface area contributed by atoms with Crippen LogP contribution in [0.2, 0.25) is 5.02 Å². The Labute approximate surface area is 192 Å². The molecule has 0 radical (unpaired) electrons. The monoisotopic (exact) mass is 559 g/mol. The van der Waals surface area contributed by atoms with Gasteiger partial charge in [0.15, 0.2) is 0 Å². The van der Waals surface area contributed by atoms with Gasteiger partial charge in [0.1, 0.15) is 18.9 Å². The molecule has 0 aromatic heterocycles. The molecule has 2 amide bonds. The second-order valence-corrected chi connectivity index (χ2v) is 9.03. The maximum absolute atomic E-state index is 12.3. The van der Waals surface area contributed by atoms with Crippen LogP contribution in [-0.4, -0.2) is 33.7 Å². The molecule has 150 valence electrons. The van der Waals surface area contributed by atoms with Crippen LogP contribution in [0.3, 0.4) is 0 Å². The Morgan fingerprint density at radius 3 is 2.38 bits per heavy atom. The summed E-state index contributed by atoms with van der Waals surface area (Å²) in [5.74, 6) is -1.30. The fourth-order valence-electron chi connectivity index (χ4n) is 2.46. The summed E-state index contributed by atoms with van der Waals surface area (Å²) in [5.41, 5.74) is 1.59. The van der Waals surface area contributed by atoms with Gasteiger partial charge in [-0.2, -0.15) is 0 Å². The largest absolute Gasteiger partial charge is 0.487 e. The molecule has 1 saturated heterocycles. The van der Waals surface area contributed by atoms with Gasteiger partial charge in [0, 0.05) is 5.02 Å². The lowest BCUT2D eigenvalue weighted by Gasteiger charge is -2.12. The van der Waals surface area contributed by atoms with Gasteiger partial charge >= 0.3 is 5.97 Å². The highest BCUT2D eigenvalue weighted by atomic mass is 79.9. The number of thioether (sulfide) groups is 1. The highest BCUT2D eigenvalue weighted by Gasteiger charge is 2.36. The van der Waals surface area contributed by atoms with Crippen molar-refractivity contribution >= 4 is 78.4 Å². The molecule has 1 N–H and O–H groups in total. The second kappa shape index (κ2) is 9.34. The van der Waals surface area contributed by atoms with E-state index < -0.39 is 23.7 Å². The first-order valence-corrected chi connectivity index (χ1v) is 10.9. The van der Waals surface area contributed by atoms with E-state index in [4.69, 9.17) is 21.4 Å². The Kier molecular flexibility index (Phi) is 7.05. The summed E-state index contributed by atoms with van der Waals surface area (Å²) in [5, 5.41) is 8.87. The predicted molar refractivity (Wildman–Crippen MR) is 118 cm³/mol. The molecule has 3 rings (SSSR count).